The average Bonchev–Trinajstić information content (AvgIpc) is 3.51. The summed E-state index contributed by atoms with van der Waals surface area (Å²) in [5.74, 6) is 2.04. The second kappa shape index (κ2) is 7.37. The number of hydrogen-bond donors (Lipinski definition) is 1. The van der Waals surface area contributed by atoms with E-state index >= 15 is 0 Å². The second-order valence-corrected chi connectivity index (χ2v) is 7.46. The number of imidazole rings is 1. The number of H-pyrrole nitrogens is 1. The standard InChI is InChI=1S/C22H22N4O4/c1-28-18-10-8-14(12-19(18)29-2)21-24-20(25-30-21)13-7-9-17-16(11-13)23-22(27)26(17)15-5-3-4-6-15/h7-12,15H,3-6H2,1-2H3,(H,23,27). The van der Waals surface area contributed by atoms with Gasteiger partial charge in [-0.05, 0) is 49.2 Å². The van der Waals surface area contributed by atoms with Crippen LogP contribution in [0.2, 0.25) is 0 Å². The Morgan fingerprint density at radius 1 is 1.03 bits per heavy atom. The van der Waals surface area contributed by atoms with Gasteiger partial charge in [0.2, 0.25) is 5.82 Å². The first-order chi connectivity index (χ1) is 14.7. The van der Waals surface area contributed by atoms with E-state index < -0.39 is 0 Å². The van der Waals surface area contributed by atoms with Gasteiger partial charge in [-0.15, -0.1) is 0 Å². The van der Waals surface area contributed by atoms with E-state index in [1.54, 1.807) is 26.4 Å². The molecule has 1 saturated carbocycles. The average molecular weight is 406 g/mol. The van der Waals surface area contributed by atoms with Gasteiger partial charge in [-0.1, -0.05) is 18.0 Å². The van der Waals surface area contributed by atoms with E-state index in [1.807, 2.05) is 28.8 Å². The molecule has 0 spiro atoms. The van der Waals surface area contributed by atoms with Gasteiger partial charge in [0.05, 0.1) is 25.3 Å². The Kier molecular flexibility index (Phi) is 4.54. The Morgan fingerprint density at radius 3 is 2.57 bits per heavy atom. The highest BCUT2D eigenvalue weighted by Crippen LogP contribution is 2.33. The van der Waals surface area contributed by atoms with Crippen molar-refractivity contribution in [2.75, 3.05) is 14.2 Å². The fourth-order valence-corrected chi connectivity index (χ4v) is 4.22. The summed E-state index contributed by atoms with van der Waals surface area (Å²) < 4.78 is 18.0. The Labute approximate surface area is 172 Å². The number of rotatable bonds is 5. The molecule has 8 heteroatoms. The molecule has 8 nitrogen and oxygen atoms in total. The lowest BCUT2D eigenvalue weighted by atomic mass is 10.1. The zero-order valence-electron chi connectivity index (χ0n) is 16.8. The summed E-state index contributed by atoms with van der Waals surface area (Å²) in [5, 5.41) is 4.12. The van der Waals surface area contributed by atoms with Gasteiger partial charge in [0.25, 0.3) is 5.89 Å². The Balaban J connectivity index is 1.50. The number of hydrogen-bond acceptors (Lipinski definition) is 6. The van der Waals surface area contributed by atoms with Crippen LogP contribution in [0.4, 0.5) is 0 Å². The molecule has 0 atom stereocenters. The molecule has 0 bridgehead atoms. The predicted octanol–water partition coefficient (Wildman–Crippen LogP) is 4.18. The molecule has 2 heterocycles. The summed E-state index contributed by atoms with van der Waals surface area (Å²) >= 11 is 0. The molecule has 1 aliphatic carbocycles. The smallest absolute Gasteiger partial charge is 0.326 e. The van der Waals surface area contributed by atoms with E-state index in [1.165, 1.54) is 12.8 Å². The maximum atomic E-state index is 12.5. The molecule has 1 N–H and O–H groups in total. The summed E-state index contributed by atoms with van der Waals surface area (Å²) in [6.07, 6.45) is 4.44. The van der Waals surface area contributed by atoms with Crippen molar-refractivity contribution in [3.05, 3.63) is 46.9 Å². The molecule has 4 aromatic rings. The van der Waals surface area contributed by atoms with Crippen LogP contribution in [-0.2, 0) is 0 Å². The highest BCUT2D eigenvalue weighted by atomic mass is 16.5. The molecular formula is C22H22N4O4. The second-order valence-electron chi connectivity index (χ2n) is 7.46. The van der Waals surface area contributed by atoms with Gasteiger partial charge in [-0.3, -0.25) is 4.57 Å². The lowest BCUT2D eigenvalue weighted by molar-refractivity contribution is 0.355. The summed E-state index contributed by atoms with van der Waals surface area (Å²) in [4.78, 5) is 20.0. The minimum atomic E-state index is -0.0619. The molecule has 0 amide bonds. The molecule has 1 fully saturated rings. The van der Waals surface area contributed by atoms with Crippen LogP contribution in [0.25, 0.3) is 33.9 Å². The molecule has 0 saturated heterocycles. The highest BCUT2D eigenvalue weighted by molar-refractivity contribution is 5.81. The van der Waals surface area contributed by atoms with E-state index in [2.05, 4.69) is 15.1 Å². The van der Waals surface area contributed by atoms with Gasteiger partial charge < -0.3 is 19.0 Å². The first kappa shape index (κ1) is 18.5. The van der Waals surface area contributed by atoms with Crippen LogP contribution in [-0.4, -0.2) is 33.9 Å². The zero-order valence-corrected chi connectivity index (χ0v) is 16.8. The van der Waals surface area contributed by atoms with Crippen molar-refractivity contribution < 1.29 is 14.0 Å². The van der Waals surface area contributed by atoms with Crippen molar-refractivity contribution in [1.82, 2.24) is 19.7 Å². The van der Waals surface area contributed by atoms with Crippen molar-refractivity contribution in [3.63, 3.8) is 0 Å². The molecular weight excluding hydrogens is 384 g/mol. The molecule has 2 aromatic carbocycles. The number of nitrogens with zero attached hydrogens (tertiary/aromatic N) is 3. The largest absolute Gasteiger partial charge is 0.493 e. The lowest BCUT2D eigenvalue weighted by Crippen LogP contribution is -2.20. The number of fused-ring (bicyclic) bond motifs is 1. The SMILES string of the molecule is COc1ccc(-c2nc(-c3ccc4c(c3)[nH]c(=O)n4C3CCCC3)no2)cc1OC. The van der Waals surface area contributed by atoms with Crippen LogP contribution in [0, 0.1) is 0 Å². The minimum Gasteiger partial charge on any atom is -0.493 e. The summed E-state index contributed by atoms with van der Waals surface area (Å²) in [5.41, 5.74) is 3.14. The minimum absolute atomic E-state index is 0.0619. The Morgan fingerprint density at radius 2 is 1.80 bits per heavy atom. The molecule has 0 radical (unpaired) electrons. The van der Waals surface area contributed by atoms with Gasteiger partial charge in [0.1, 0.15) is 0 Å². The van der Waals surface area contributed by atoms with Crippen LogP contribution in [0.15, 0.2) is 45.7 Å². The van der Waals surface area contributed by atoms with E-state index in [9.17, 15) is 4.79 Å². The first-order valence-electron chi connectivity index (χ1n) is 9.98. The fraction of sp³-hybridized carbons (Fsp3) is 0.318. The van der Waals surface area contributed by atoms with E-state index in [4.69, 9.17) is 14.0 Å². The van der Waals surface area contributed by atoms with Crippen molar-refractivity contribution >= 4 is 11.0 Å². The van der Waals surface area contributed by atoms with Gasteiger partial charge in [0, 0.05) is 17.2 Å². The normalized spacial score (nSPS) is 14.5. The maximum Gasteiger partial charge on any atom is 0.326 e. The van der Waals surface area contributed by atoms with Gasteiger partial charge in [-0.2, -0.15) is 4.98 Å². The summed E-state index contributed by atoms with van der Waals surface area (Å²) in [6.45, 7) is 0. The number of nitrogens with one attached hydrogen (secondary N) is 1. The monoisotopic (exact) mass is 406 g/mol. The van der Waals surface area contributed by atoms with Gasteiger partial charge in [-0.25, -0.2) is 4.79 Å². The Hall–Kier alpha value is -3.55. The topological polar surface area (TPSA) is 95.2 Å². The van der Waals surface area contributed by atoms with E-state index in [0.29, 0.717) is 23.2 Å². The molecule has 1 aliphatic rings. The number of ether oxygens (including phenoxy) is 2. The fourth-order valence-electron chi connectivity index (χ4n) is 4.22. The lowest BCUT2D eigenvalue weighted by Gasteiger charge is -2.11. The third-order valence-electron chi connectivity index (χ3n) is 5.72. The summed E-state index contributed by atoms with van der Waals surface area (Å²) in [6, 6.07) is 11.5. The first-order valence-corrected chi connectivity index (χ1v) is 9.98. The molecule has 0 unspecified atom stereocenters. The van der Waals surface area contributed by atoms with Crippen molar-refractivity contribution in [2.45, 2.75) is 31.7 Å². The zero-order chi connectivity index (χ0) is 20.7. The summed E-state index contributed by atoms with van der Waals surface area (Å²) in [7, 11) is 3.16. The van der Waals surface area contributed by atoms with Crippen LogP contribution in [0.3, 0.4) is 0 Å². The Bertz CT molecular complexity index is 1260. The van der Waals surface area contributed by atoms with Gasteiger partial charge >= 0.3 is 5.69 Å². The predicted molar refractivity (Wildman–Crippen MR) is 112 cm³/mol. The maximum absolute atomic E-state index is 12.5. The third-order valence-corrected chi connectivity index (χ3v) is 5.72. The van der Waals surface area contributed by atoms with Crippen molar-refractivity contribution in [2.24, 2.45) is 0 Å². The molecule has 30 heavy (non-hydrogen) atoms. The van der Waals surface area contributed by atoms with E-state index in [-0.39, 0.29) is 11.7 Å². The van der Waals surface area contributed by atoms with Gasteiger partial charge in [0.15, 0.2) is 11.5 Å². The van der Waals surface area contributed by atoms with Crippen LogP contribution >= 0.6 is 0 Å². The molecule has 5 rings (SSSR count). The van der Waals surface area contributed by atoms with Crippen molar-refractivity contribution in [1.29, 1.82) is 0 Å². The van der Waals surface area contributed by atoms with Crippen LogP contribution in [0.1, 0.15) is 31.7 Å². The number of benzene rings is 2. The molecule has 154 valence electrons. The van der Waals surface area contributed by atoms with E-state index in [0.717, 1.165) is 35.0 Å². The third kappa shape index (κ3) is 3.04. The van der Waals surface area contributed by atoms with Crippen molar-refractivity contribution in [3.8, 4) is 34.3 Å². The quantitative estimate of drug-likeness (QED) is 0.534. The highest BCUT2D eigenvalue weighted by Gasteiger charge is 2.22. The molecule has 2 aromatic heterocycles. The number of methoxy groups -OCH3 is 2. The number of aromatic nitrogens is 4. The number of aromatic amines is 1. The molecule has 0 aliphatic heterocycles. The van der Waals surface area contributed by atoms with Crippen LogP contribution in [0.5, 0.6) is 11.5 Å². The van der Waals surface area contributed by atoms with Crippen LogP contribution < -0.4 is 15.2 Å².